The van der Waals surface area contributed by atoms with Gasteiger partial charge in [0.1, 0.15) is 0 Å². The smallest absolute Gasteiger partial charge is 0.254 e. The molecule has 4 nitrogen and oxygen atoms in total. The molecule has 5 heteroatoms. The molecule has 2 aliphatic heterocycles. The number of hydrogen-bond donors (Lipinski definition) is 0. The Hall–Kier alpha value is -2.27. The second-order valence-electron chi connectivity index (χ2n) is 6.71. The van der Waals surface area contributed by atoms with E-state index in [1.54, 1.807) is 0 Å². The van der Waals surface area contributed by atoms with E-state index in [4.69, 9.17) is 0 Å². The van der Waals surface area contributed by atoms with E-state index in [0.29, 0.717) is 11.3 Å². The lowest BCUT2D eigenvalue weighted by Crippen LogP contribution is -2.30. The molecule has 0 aromatic heterocycles. The van der Waals surface area contributed by atoms with Gasteiger partial charge in [-0.25, -0.2) is 0 Å². The fourth-order valence-electron chi connectivity index (χ4n) is 3.67. The molecule has 1 saturated heterocycles. The van der Waals surface area contributed by atoms with Gasteiger partial charge in [0.25, 0.3) is 5.91 Å². The summed E-state index contributed by atoms with van der Waals surface area (Å²) in [7, 11) is 0. The Labute approximate surface area is 158 Å². The average molecular weight is 366 g/mol. The number of rotatable bonds is 4. The maximum atomic E-state index is 12.7. The second-order valence-corrected chi connectivity index (χ2v) is 7.73. The van der Waals surface area contributed by atoms with Crippen LogP contribution in [0.15, 0.2) is 53.4 Å². The lowest BCUT2D eigenvalue weighted by atomic mass is 10.2. The fraction of sp³-hybridized carbons (Fsp3) is 0.333. The lowest BCUT2D eigenvalue weighted by molar-refractivity contribution is -0.116. The quantitative estimate of drug-likeness (QED) is 0.776. The van der Waals surface area contributed by atoms with Crippen LogP contribution in [0.4, 0.5) is 5.69 Å². The zero-order valence-electron chi connectivity index (χ0n) is 14.7. The number of fused-ring (bicyclic) bond motifs is 1. The molecule has 2 amide bonds. The van der Waals surface area contributed by atoms with E-state index in [9.17, 15) is 9.59 Å². The summed E-state index contributed by atoms with van der Waals surface area (Å²) >= 11 is 1.47. The molecule has 0 aliphatic carbocycles. The third-order valence-corrected chi connectivity index (χ3v) is 6.11. The van der Waals surface area contributed by atoms with Crippen LogP contribution < -0.4 is 4.90 Å². The highest BCUT2D eigenvalue weighted by molar-refractivity contribution is 8.00. The summed E-state index contributed by atoms with van der Waals surface area (Å²) in [5, 5.41) is 0. The van der Waals surface area contributed by atoms with Crippen molar-refractivity contribution in [2.45, 2.75) is 24.2 Å². The van der Waals surface area contributed by atoms with E-state index < -0.39 is 0 Å². The molecule has 26 heavy (non-hydrogen) atoms. The van der Waals surface area contributed by atoms with Gasteiger partial charge < -0.3 is 9.80 Å². The minimum atomic E-state index is 0.0876. The van der Waals surface area contributed by atoms with Gasteiger partial charge in [-0.15, -0.1) is 11.8 Å². The first kappa shape index (κ1) is 17.2. The molecule has 0 spiro atoms. The summed E-state index contributed by atoms with van der Waals surface area (Å²) in [6.07, 6.45) is 3.07. The van der Waals surface area contributed by atoms with Gasteiger partial charge in [-0.05, 0) is 43.0 Å². The number of nitrogens with zero attached hydrogens (tertiary/aromatic N) is 2. The van der Waals surface area contributed by atoms with E-state index in [0.717, 1.165) is 49.5 Å². The topological polar surface area (TPSA) is 40.6 Å². The lowest BCUT2D eigenvalue weighted by Gasteiger charge is -2.19. The first-order valence-corrected chi connectivity index (χ1v) is 10.1. The standard InChI is InChI=1S/C21H22N2O2S/c24-20(23-14-11-16-7-1-3-9-18(16)23)15-26-19-10-4-2-8-17(19)21(25)22-12-5-6-13-22/h1-4,7-10H,5-6,11-15H2. The van der Waals surface area contributed by atoms with Crippen LogP contribution >= 0.6 is 11.8 Å². The molecule has 1 fully saturated rings. The Morgan fingerprint density at radius 3 is 2.50 bits per heavy atom. The minimum Gasteiger partial charge on any atom is -0.339 e. The van der Waals surface area contributed by atoms with Crippen molar-refractivity contribution in [2.75, 3.05) is 30.3 Å². The van der Waals surface area contributed by atoms with Crippen LogP contribution in [-0.4, -0.2) is 42.1 Å². The molecule has 0 atom stereocenters. The summed E-state index contributed by atoms with van der Waals surface area (Å²) in [6, 6.07) is 15.7. The number of anilines is 1. The Morgan fingerprint density at radius 2 is 1.65 bits per heavy atom. The van der Waals surface area contributed by atoms with Crippen molar-refractivity contribution in [1.82, 2.24) is 4.90 Å². The van der Waals surface area contributed by atoms with Gasteiger partial charge in [0.2, 0.25) is 5.91 Å². The van der Waals surface area contributed by atoms with Crippen LogP contribution in [0.2, 0.25) is 0 Å². The van der Waals surface area contributed by atoms with Crippen molar-refractivity contribution in [1.29, 1.82) is 0 Å². The maximum absolute atomic E-state index is 12.7. The van der Waals surface area contributed by atoms with Crippen LogP contribution in [0.1, 0.15) is 28.8 Å². The molecule has 4 rings (SSSR count). The van der Waals surface area contributed by atoms with E-state index in [2.05, 4.69) is 6.07 Å². The Morgan fingerprint density at radius 1 is 0.923 bits per heavy atom. The molecular weight excluding hydrogens is 344 g/mol. The van der Waals surface area contributed by atoms with Crippen molar-refractivity contribution >= 4 is 29.3 Å². The van der Waals surface area contributed by atoms with Crippen molar-refractivity contribution in [3.8, 4) is 0 Å². The van der Waals surface area contributed by atoms with Crippen molar-refractivity contribution in [2.24, 2.45) is 0 Å². The number of likely N-dealkylation sites (tertiary alicyclic amines) is 1. The predicted octanol–water partition coefficient (Wildman–Crippen LogP) is 3.60. The summed E-state index contributed by atoms with van der Waals surface area (Å²) in [5.74, 6) is 0.534. The molecule has 2 aromatic carbocycles. The van der Waals surface area contributed by atoms with Crippen LogP contribution in [0, 0.1) is 0 Å². The van der Waals surface area contributed by atoms with Gasteiger partial charge in [0.05, 0.1) is 11.3 Å². The summed E-state index contributed by atoms with van der Waals surface area (Å²) in [6.45, 7) is 2.41. The third kappa shape index (κ3) is 3.36. The first-order valence-electron chi connectivity index (χ1n) is 9.13. The van der Waals surface area contributed by atoms with Crippen LogP contribution in [0.25, 0.3) is 0 Å². The van der Waals surface area contributed by atoms with Crippen LogP contribution in [0.3, 0.4) is 0 Å². The number of carbonyl (C=O) groups is 2. The zero-order chi connectivity index (χ0) is 17.9. The van der Waals surface area contributed by atoms with Gasteiger partial charge >= 0.3 is 0 Å². The van der Waals surface area contributed by atoms with Crippen LogP contribution in [0.5, 0.6) is 0 Å². The number of amides is 2. The van der Waals surface area contributed by atoms with Gasteiger partial charge in [0, 0.05) is 30.2 Å². The SMILES string of the molecule is O=C(c1ccccc1SCC(=O)N1CCc2ccccc21)N1CCCC1. The molecule has 134 valence electrons. The van der Waals surface area contributed by atoms with E-state index in [-0.39, 0.29) is 11.8 Å². The number of para-hydroxylation sites is 1. The molecule has 0 unspecified atom stereocenters. The molecule has 2 aromatic rings. The monoisotopic (exact) mass is 366 g/mol. The van der Waals surface area contributed by atoms with E-state index in [1.807, 2.05) is 52.3 Å². The summed E-state index contributed by atoms with van der Waals surface area (Å²) < 4.78 is 0. The number of benzene rings is 2. The highest BCUT2D eigenvalue weighted by atomic mass is 32.2. The van der Waals surface area contributed by atoms with Crippen molar-refractivity contribution in [3.63, 3.8) is 0 Å². The minimum absolute atomic E-state index is 0.0876. The zero-order valence-corrected chi connectivity index (χ0v) is 15.5. The number of hydrogen-bond acceptors (Lipinski definition) is 3. The van der Waals surface area contributed by atoms with Gasteiger partial charge in [-0.2, -0.15) is 0 Å². The normalized spacial score (nSPS) is 16.0. The maximum Gasteiger partial charge on any atom is 0.254 e. The molecule has 2 heterocycles. The molecular formula is C21H22N2O2S. The molecule has 0 radical (unpaired) electrons. The Bertz CT molecular complexity index is 830. The van der Waals surface area contributed by atoms with E-state index >= 15 is 0 Å². The number of thioether (sulfide) groups is 1. The van der Waals surface area contributed by atoms with Gasteiger partial charge in [-0.1, -0.05) is 30.3 Å². The highest BCUT2D eigenvalue weighted by Crippen LogP contribution is 2.30. The van der Waals surface area contributed by atoms with Gasteiger partial charge in [0.15, 0.2) is 0 Å². The first-order chi connectivity index (χ1) is 12.7. The molecule has 2 aliphatic rings. The molecule has 0 saturated carbocycles. The number of carbonyl (C=O) groups excluding carboxylic acids is 2. The van der Waals surface area contributed by atoms with Crippen LogP contribution in [-0.2, 0) is 11.2 Å². The van der Waals surface area contributed by atoms with Crippen molar-refractivity contribution in [3.05, 3.63) is 59.7 Å². The molecule has 0 bridgehead atoms. The Kier molecular flexibility index (Phi) is 4.98. The second kappa shape index (κ2) is 7.54. The highest BCUT2D eigenvalue weighted by Gasteiger charge is 2.25. The fourth-order valence-corrected chi connectivity index (χ4v) is 4.59. The molecule has 0 N–H and O–H groups in total. The largest absolute Gasteiger partial charge is 0.339 e. The summed E-state index contributed by atoms with van der Waals surface area (Å²) in [4.78, 5) is 30.2. The average Bonchev–Trinajstić information content (AvgIpc) is 3.35. The van der Waals surface area contributed by atoms with E-state index in [1.165, 1.54) is 17.3 Å². The van der Waals surface area contributed by atoms with Gasteiger partial charge in [-0.3, -0.25) is 9.59 Å². The van der Waals surface area contributed by atoms with Crippen molar-refractivity contribution < 1.29 is 9.59 Å². The Balaban J connectivity index is 1.45. The third-order valence-electron chi connectivity index (χ3n) is 5.05. The summed E-state index contributed by atoms with van der Waals surface area (Å²) in [5.41, 5.74) is 2.98. The predicted molar refractivity (Wildman–Crippen MR) is 105 cm³/mol.